The molecule has 2 heterocycles. The van der Waals surface area contributed by atoms with Crippen LogP contribution >= 0.6 is 0 Å². The molecule has 170 valence electrons. The number of aryl methyl sites for hydroxylation is 1. The highest BCUT2D eigenvalue weighted by Gasteiger charge is 2.36. The molecule has 1 fully saturated rings. The Kier molecular flexibility index (Phi) is 6.81. The van der Waals surface area contributed by atoms with Crippen molar-refractivity contribution >= 4 is 17.8 Å². The lowest BCUT2D eigenvalue weighted by atomic mass is 10.1. The van der Waals surface area contributed by atoms with Crippen LogP contribution in [-0.2, 0) is 10.9 Å². The van der Waals surface area contributed by atoms with E-state index >= 15 is 0 Å². The molecule has 0 bridgehead atoms. The number of amides is 2. The molecule has 0 spiro atoms. The third kappa shape index (κ3) is 4.90. The summed E-state index contributed by atoms with van der Waals surface area (Å²) in [5.74, 6) is -1.63. The maximum atomic E-state index is 13.2. The maximum absolute atomic E-state index is 13.2. The molecule has 0 unspecified atom stereocenters. The molecule has 1 aliphatic heterocycles. The van der Waals surface area contributed by atoms with Crippen LogP contribution in [0.5, 0.6) is 0 Å². The molecule has 0 saturated carbocycles. The van der Waals surface area contributed by atoms with Crippen LogP contribution in [0.3, 0.4) is 0 Å². The van der Waals surface area contributed by atoms with Crippen molar-refractivity contribution in [2.45, 2.75) is 20.0 Å². The van der Waals surface area contributed by atoms with Gasteiger partial charge in [-0.05, 0) is 38.1 Å². The second-order valence-corrected chi connectivity index (χ2v) is 7.18. The van der Waals surface area contributed by atoms with Gasteiger partial charge in [-0.15, -0.1) is 0 Å². The van der Waals surface area contributed by atoms with Crippen LogP contribution in [0.2, 0.25) is 0 Å². The van der Waals surface area contributed by atoms with Gasteiger partial charge >= 0.3 is 12.1 Å². The minimum Gasteiger partial charge on any atom is -0.462 e. The van der Waals surface area contributed by atoms with Gasteiger partial charge < -0.3 is 14.5 Å². The normalized spacial score (nSPS) is 14.3. The molecule has 1 saturated heterocycles. The fourth-order valence-electron chi connectivity index (χ4n) is 3.47. The fraction of sp³-hybridized carbons (Fsp3) is 0.364. The zero-order valence-electron chi connectivity index (χ0n) is 17.6. The molecule has 10 heteroatoms. The molecule has 0 aliphatic carbocycles. The molecule has 0 radical (unpaired) electrons. The number of ether oxygens (including phenoxy) is 1. The minimum absolute atomic E-state index is 0.0939. The van der Waals surface area contributed by atoms with Gasteiger partial charge in [-0.2, -0.15) is 13.2 Å². The van der Waals surface area contributed by atoms with Gasteiger partial charge in [0.25, 0.3) is 11.8 Å². The lowest BCUT2D eigenvalue weighted by Gasteiger charge is -2.35. The highest BCUT2D eigenvalue weighted by Crippen LogP contribution is 2.32. The highest BCUT2D eigenvalue weighted by molar-refractivity contribution is 5.97. The van der Waals surface area contributed by atoms with Gasteiger partial charge in [0.15, 0.2) is 0 Å². The Morgan fingerprint density at radius 2 is 1.53 bits per heavy atom. The number of alkyl halides is 3. The minimum atomic E-state index is -4.64. The molecule has 2 amide bonds. The van der Waals surface area contributed by atoms with E-state index in [2.05, 4.69) is 4.98 Å². The van der Waals surface area contributed by atoms with E-state index in [1.807, 2.05) is 0 Å². The Morgan fingerprint density at radius 1 is 0.938 bits per heavy atom. The summed E-state index contributed by atoms with van der Waals surface area (Å²) in [5.41, 5.74) is -0.636. The summed E-state index contributed by atoms with van der Waals surface area (Å²) in [6.45, 7) is 3.99. The van der Waals surface area contributed by atoms with E-state index in [-0.39, 0.29) is 50.0 Å². The fourth-order valence-corrected chi connectivity index (χ4v) is 3.47. The summed E-state index contributed by atoms with van der Waals surface area (Å²) in [7, 11) is 0. The first-order valence-electron chi connectivity index (χ1n) is 10.0. The Balaban J connectivity index is 1.67. The van der Waals surface area contributed by atoms with Crippen LogP contribution in [0.25, 0.3) is 0 Å². The predicted octanol–water partition coefficient (Wildman–Crippen LogP) is 3.18. The van der Waals surface area contributed by atoms with Gasteiger partial charge in [0.05, 0.1) is 29.0 Å². The van der Waals surface area contributed by atoms with E-state index in [1.54, 1.807) is 13.8 Å². The number of aromatic nitrogens is 1. The van der Waals surface area contributed by atoms with Crippen LogP contribution < -0.4 is 0 Å². The Morgan fingerprint density at radius 3 is 2.09 bits per heavy atom. The van der Waals surface area contributed by atoms with Crippen molar-refractivity contribution in [1.29, 1.82) is 0 Å². The van der Waals surface area contributed by atoms with Crippen LogP contribution in [-0.4, -0.2) is 65.4 Å². The third-order valence-electron chi connectivity index (χ3n) is 5.12. The van der Waals surface area contributed by atoms with E-state index in [0.29, 0.717) is 5.69 Å². The summed E-state index contributed by atoms with van der Waals surface area (Å²) in [6, 6.07) is 7.55. The summed E-state index contributed by atoms with van der Waals surface area (Å²) < 4.78 is 44.6. The van der Waals surface area contributed by atoms with Crippen molar-refractivity contribution in [1.82, 2.24) is 14.8 Å². The first-order valence-corrected chi connectivity index (χ1v) is 10.0. The van der Waals surface area contributed by atoms with E-state index in [9.17, 15) is 27.6 Å². The molecule has 2 aromatic rings. The van der Waals surface area contributed by atoms with Crippen molar-refractivity contribution in [2.24, 2.45) is 0 Å². The Hall–Kier alpha value is -3.43. The number of nitrogens with zero attached hydrogens (tertiary/aromatic N) is 3. The number of esters is 1. The van der Waals surface area contributed by atoms with Gasteiger partial charge in [0, 0.05) is 26.2 Å². The number of halogens is 3. The summed E-state index contributed by atoms with van der Waals surface area (Å²) in [5, 5.41) is 0. The third-order valence-corrected chi connectivity index (χ3v) is 5.12. The molecule has 1 aromatic carbocycles. The second-order valence-electron chi connectivity index (χ2n) is 7.18. The molecule has 1 aliphatic rings. The number of carbonyl (C=O) groups is 3. The highest BCUT2D eigenvalue weighted by atomic mass is 19.4. The first kappa shape index (κ1) is 23.2. The molecule has 0 atom stereocenters. The van der Waals surface area contributed by atoms with Crippen molar-refractivity contribution in [3.63, 3.8) is 0 Å². The average Bonchev–Trinajstić information content (AvgIpc) is 2.77. The standard InChI is InChI=1S/C22H22F3N3O4/c1-3-32-21(31)15-8-9-18(26-14(15)2)20(30)28-12-10-27(11-13-28)19(29)16-6-4-5-7-17(16)22(23,24)25/h4-9H,3,10-13H2,1-2H3. The molecule has 7 nitrogen and oxygen atoms in total. The summed E-state index contributed by atoms with van der Waals surface area (Å²) in [6.07, 6.45) is -4.64. The predicted molar refractivity (Wildman–Crippen MR) is 108 cm³/mol. The monoisotopic (exact) mass is 449 g/mol. The van der Waals surface area contributed by atoms with E-state index in [1.165, 1.54) is 34.1 Å². The van der Waals surface area contributed by atoms with E-state index in [4.69, 9.17) is 4.74 Å². The molecule has 1 aromatic heterocycles. The van der Waals surface area contributed by atoms with Gasteiger partial charge in [0.2, 0.25) is 0 Å². The summed E-state index contributed by atoms with van der Waals surface area (Å²) in [4.78, 5) is 44.3. The smallest absolute Gasteiger partial charge is 0.417 e. The van der Waals surface area contributed by atoms with Gasteiger partial charge in [-0.25, -0.2) is 9.78 Å². The zero-order chi connectivity index (χ0) is 23.5. The van der Waals surface area contributed by atoms with Crippen LogP contribution in [0.4, 0.5) is 13.2 Å². The molecular weight excluding hydrogens is 427 g/mol. The largest absolute Gasteiger partial charge is 0.462 e. The van der Waals surface area contributed by atoms with E-state index in [0.717, 1.165) is 12.1 Å². The van der Waals surface area contributed by atoms with Crippen LogP contribution in [0.15, 0.2) is 36.4 Å². The molecule has 32 heavy (non-hydrogen) atoms. The molecular formula is C22H22F3N3O4. The Bertz CT molecular complexity index is 1030. The zero-order valence-corrected chi connectivity index (χ0v) is 17.6. The van der Waals surface area contributed by atoms with E-state index < -0.39 is 29.2 Å². The number of benzene rings is 1. The Labute approximate surface area is 182 Å². The quantitative estimate of drug-likeness (QED) is 0.670. The van der Waals surface area contributed by atoms with Crippen molar-refractivity contribution < 1.29 is 32.3 Å². The average molecular weight is 449 g/mol. The number of carbonyl (C=O) groups excluding carboxylic acids is 3. The van der Waals surface area contributed by atoms with Crippen molar-refractivity contribution in [3.8, 4) is 0 Å². The van der Waals surface area contributed by atoms with Crippen molar-refractivity contribution in [2.75, 3.05) is 32.8 Å². The number of hydrogen-bond acceptors (Lipinski definition) is 5. The second kappa shape index (κ2) is 9.37. The lowest BCUT2D eigenvalue weighted by Crippen LogP contribution is -2.51. The topological polar surface area (TPSA) is 79.8 Å². The first-order chi connectivity index (χ1) is 15.1. The van der Waals surface area contributed by atoms with Crippen molar-refractivity contribution in [3.05, 3.63) is 64.5 Å². The van der Waals surface area contributed by atoms with Crippen LogP contribution in [0.1, 0.15) is 49.4 Å². The van der Waals surface area contributed by atoms with Crippen LogP contribution in [0, 0.1) is 6.92 Å². The number of pyridine rings is 1. The lowest BCUT2D eigenvalue weighted by molar-refractivity contribution is -0.138. The van der Waals surface area contributed by atoms with Gasteiger partial charge in [-0.1, -0.05) is 12.1 Å². The number of rotatable bonds is 4. The molecule has 3 rings (SSSR count). The maximum Gasteiger partial charge on any atom is 0.417 e. The summed E-state index contributed by atoms with van der Waals surface area (Å²) >= 11 is 0. The molecule has 0 N–H and O–H groups in total. The number of piperazine rings is 1. The number of hydrogen-bond donors (Lipinski definition) is 0. The SMILES string of the molecule is CCOC(=O)c1ccc(C(=O)N2CCN(C(=O)c3ccccc3C(F)(F)F)CC2)nc1C. The van der Waals surface area contributed by atoms with Gasteiger partial charge in [0.1, 0.15) is 5.69 Å². The van der Waals surface area contributed by atoms with Gasteiger partial charge in [-0.3, -0.25) is 9.59 Å².